The maximum atomic E-state index is 11.7. The lowest BCUT2D eigenvalue weighted by Crippen LogP contribution is -2.21. The van der Waals surface area contributed by atoms with E-state index in [9.17, 15) is 9.90 Å². The Hall–Kier alpha value is -0.790. The standard InChI is InChI=1S/C25H44O2/c1-3-5-6-7-9-24(25(26)27)23-18-16-22(17-19-23)15-14-21-12-10-20(8-4-2)11-13-21/h9,20-23H,3-8,10-19H2,1-2H3,(H,26,27)/t20-,21-,22-,23-. The first-order valence-electron chi connectivity index (χ1n) is 12.1. The van der Waals surface area contributed by atoms with E-state index >= 15 is 0 Å². The Balaban J connectivity index is 1.67. The van der Waals surface area contributed by atoms with Crippen LogP contribution in [0.25, 0.3) is 0 Å². The molecule has 27 heavy (non-hydrogen) atoms. The second-order valence-electron chi connectivity index (χ2n) is 9.43. The molecule has 2 aliphatic rings. The summed E-state index contributed by atoms with van der Waals surface area (Å²) in [5.41, 5.74) is 0.721. The summed E-state index contributed by atoms with van der Waals surface area (Å²) >= 11 is 0. The van der Waals surface area contributed by atoms with Crippen molar-refractivity contribution in [1.82, 2.24) is 0 Å². The van der Waals surface area contributed by atoms with E-state index in [1.165, 1.54) is 77.0 Å². The Morgan fingerprint density at radius 2 is 1.30 bits per heavy atom. The number of hydrogen-bond donors (Lipinski definition) is 1. The van der Waals surface area contributed by atoms with Crippen LogP contribution in [-0.4, -0.2) is 11.1 Å². The molecular weight excluding hydrogens is 332 g/mol. The van der Waals surface area contributed by atoms with Gasteiger partial charge in [-0.3, -0.25) is 0 Å². The molecule has 2 nitrogen and oxygen atoms in total. The maximum absolute atomic E-state index is 11.7. The van der Waals surface area contributed by atoms with Gasteiger partial charge < -0.3 is 5.11 Å². The van der Waals surface area contributed by atoms with Gasteiger partial charge in [0.05, 0.1) is 0 Å². The zero-order valence-corrected chi connectivity index (χ0v) is 18.1. The third kappa shape index (κ3) is 8.00. The molecule has 2 aliphatic carbocycles. The van der Waals surface area contributed by atoms with Crippen molar-refractivity contribution in [1.29, 1.82) is 0 Å². The lowest BCUT2D eigenvalue weighted by Gasteiger charge is -2.32. The van der Waals surface area contributed by atoms with Gasteiger partial charge in [-0.25, -0.2) is 4.79 Å². The van der Waals surface area contributed by atoms with Crippen LogP contribution in [0, 0.1) is 23.7 Å². The summed E-state index contributed by atoms with van der Waals surface area (Å²) in [6, 6.07) is 0. The first kappa shape index (κ1) is 22.5. The minimum absolute atomic E-state index is 0.310. The Morgan fingerprint density at radius 3 is 1.78 bits per heavy atom. The zero-order valence-electron chi connectivity index (χ0n) is 18.1. The third-order valence-electron chi connectivity index (χ3n) is 7.35. The fourth-order valence-electron chi connectivity index (χ4n) is 5.53. The largest absolute Gasteiger partial charge is 0.478 e. The van der Waals surface area contributed by atoms with E-state index in [0.717, 1.165) is 49.0 Å². The molecule has 2 fully saturated rings. The number of rotatable bonds is 11. The zero-order chi connectivity index (χ0) is 19.5. The summed E-state index contributed by atoms with van der Waals surface area (Å²) in [5, 5.41) is 9.61. The van der Waals surface area contributed by atoms with Crippen molar-refractivity contribution in [2.75, 3.05) is 0 Å². The van der Waals surface area contributed by atoms with E-state index < -0.39 is 5.97 Å². The Kier molecular flexibility index (Phi) is 10.5. The lowest BCUT2D eigenvalue weighted by molar-refractivity contribution is -0.133. The van der Waals surface area contributed by atoms with Crippen molar-refractivity contribution in [3.63, 3.8) is 0 Å². The van der Waals surface area contributed by atoms with Gasteiger partial charge in [-0.2, -0.15) is 0 Å². The fourth-order valence-corrected chi connectivity index (χ4v) is 5.53. The highest BCUT2D eigenvalue weighted by Gasteiger charge is 2.28. The van der Waals surface area contributed by atoms with Gasteiger partial charge in [0, 0.05) is 5.57 Å². The van der Waals surface area contributed by atoms with Crippen LogP contribution in [0.1, 0.15) is 117 Å². The van der Waals surface area contributed by atoms with Crippen LogP contribution in [0.2, 0.25) is 0 Å². The number of hydrogen-bond acceptors (Lipinski definition) is 1. The molecule has 0 radical (unpaired) electrons. The van der Waals surface area contributed by atoms with E-state index in [1.54, 1.807) is 0 Å². The molecule has 2 heteroatoms. The smallest absolute Gasteiger partial charge is 0.331 e. The normalized spacial score (nSPS) is 29.6. The van der Waals surface area contributed by atoms with Crippen LogP contribution in [0.3, 0.4) is 0 Å². The second kappa shape index (κ2) is 12.6. The number of allylic oxidation sites excluding steroid dienone is 1. The van der Waals surface area contributed by atoms with Gasteiger partial charge in [-0.15, -0.1) is 0 Å². The van der Waals surface area contributed by atoms with Gasteiger partial charge in [0.1, 0.15) is 0 Å². The van der Waals surface area contributed by atoms with Crippen LogP contribution in [0.15, 0.2) is 11.6 Å². The van der Waals surface area contributed by atoms with Gasteiger partial charge in [0.25, 0.3) is 0 Å². The fraction of sp³-hybridized carbons (Fsp3) is 0.880. The van der Waals surface area contributed by atoms with Crippen LogP contribution in [0.5, 0.6) is 0 Å². The molecule has 0 amide bonds. The van der Waals surface area contributed by atoms with Gasteiger partial charge in [0.15, 0.2) is 0 Å². The van der Waals surface area contributed by atoms with E-state index in [4.69, 9.17) is 0 Å². The first-order valence-corrected chi connectivity index (χ1v) is 12.1. The first-order chi connectivity index (χ1) is 13.1. The Morgan fingerprint density at radius 1 is 0.778 bits per heavy atom. The maximum Gasteiger partial charge on any atom is 0.331 e. The molecule has 2 rings (SSSR count). The van der Waals surface area contributed by atoms with Crippen molar-refractivity contribution >= 4 is 5.97 Å². The van der Waals surface area contributed by atoms with E-state index in [0.29, 0.717) is 5.92 Å². The van der Waals surface area contributed by atoms with Crippen LogP contribution in [0.4, 0.5) is 0 Å². The Labute approximate surface area is 168 Å². The number of unbranched alkanes of at least 4 members (excludes halogenated alkanes) is 3. The third-order valence-corrected chi connectivity index (χ3v) is 7.35. The molecule has 0 heterocycles. The van der Waals surface area contributed by atoms with Crippen molar-refractivity contribution in [2.24, 2.45) is 23.7 Å². The van der Waals surface area contributed by atoms with Gasteiger partial charge in [-0.1, -0.05) is 84.1 Å². The lowest BCUT2D eigenvalue weighted by atomic mass is 9.73. The van der Waals surface area contributed by atoms with E-state index in [1.807, 2.05) is 6.08 Å². The molecule has 0 unspecified atom stereocenters. The minimum Gasteiger partial charge on any atom is -0.478 e. The molecule has 1 N–H and O–H groups in total. The topological polar surface area (TPSA) is 37.3 Å². The van der Waals surface area contributed by atoms with Crippen LogP contribution < -0.4 is 0 Å². The summed E-state index contributed by atoms with van der Waals surface area (Å²) in [7, 11) is 0. The van der Waals surface area contributed by atoms with Crippen molar-refractivity contribution < 1.29 is 9.90 Å². The van der Waals surface area contributed by atoms with Gasteiger partial charge in [-0.05, 0) is 62.2 Å². The molecule has 0 atom stereocenters. The van der Waals surface area contributed by atoms with Gasteiger partial charge in [0.2, 0.25) is 0 Å². The number of carboxylic acid groups (broad SMARTS) is 1. The van der Waals surface area contributed by atoms with Crippen molar-refractivity contribution in [3.05, 3.63) is 11.6 Å². The average molecular weight is 377 g/mol. The summed E-state index contributed by atoms with van der Waals surface area (Å²) in [6.45, 7) is 4.51. The summed E-state index contributed by atoms with van der Waals surface area (Å²) in [5.74, 6) is 2.48. The molecule has 0 aliphatic heterocycles. The molecule has 0 saturated heterocycles. The summed E-state index contributed by atoms with van der Waals surface area (Å²) < 4.78 is 0. The summed E-state index contributed by atoms with van der Waals surface area (Å²) in [6.07, 6.45) is 22.7. The molecule has 0 aromatic heterocycles. The number of aliphatic carboxylic acids is 1. The Bertz CT molecular complexity index is 437. The minimum atomic E-state index is -0.668. The monoisotopic (exact) mass is 376 g/mol. The quantitative estimate of drug-likeness (QED) is 0.295. The molecule has 156 valence electrons. The molecule has 2 saturated carbocycles. The van der Waals surface area contributed by atoms with E-state index in [2.05, 4.69) is 13.8 Å². The highest BCUT2D eigenvalue weighted by molar-refractivity contribution is 5.87. The molecule has 0 aromatic carbocycles. The molecule has 0 bridgehead atoms. The number of carboxylic acids is 1. The highest BCUT2D eigenvalue weighted by atomic mass is 16.4. The van der Waals surface area contributed by atoms with Crippen LogP contribution >= 0.6 is 0 Å². The predicted molar refractivity (Wildman–Crippen MR) is 115 cm³/mol. The molecule has 0 aromatic rings. The SMILES string of the molecule is CCCCCC=C(C(=O)O)[C@H]1CC[C@H](CC[C@H]2CC[C@H](CCC)CC2)CC1. The second-order valence-corrected chi connectivity index (χ2v) is 9.43. The van der Waals surface area contributed by atoms with Crippen molar-refractivity contribution in [3.8, 4) is 0 Å². The molecule has 0 spiro atoms. The van der Waals surface area contributed by atoms with E-state index in [-0.39, 0.29) is 0 Å². The van der Waals surface area contributed by atoms with Gasteiger partial charge >= 0.3 is 5.97 Å². The van der Waals surface area contributed by atoms with Crippen molar-refractivity contribution in [2.45, 2.75) is 117 Å². The average Bonchev–Trinajstić information content (AvgIpc) is 2.68. The summed E-state index contributed by atoms with van der Waals surface area (Å²) in [4.78, 5) is 11.7. The predicted octanol–water partition coefficient (Wildman–Crippen LogP) is 7.77. The molecular formula is C25H44O2. The number of carbonyl (C=O) groups is 1. The van der Waals surface area contributed by atoms with Crippen LogP contribution in [-0.2, 0) is 4.79 Å². The highest BCUT2D eigenvalue weighted by Crippen LogP contribution is 2.39.